The van der Waals surface area contributed by atoms with Crippen LogP contribution in [0.4, 0.5) is 0 Å². The third kappa shape index (κ3) is 4.08. The molecular formula is C29H32. The summed E-state index contributed by atoms with van der Waals surface area (Å²) in [5, 5.41) is 0. The molecule has 0 amide bonds. The predicted octanol–water partition coefficient (Wildman–Crippen LogP) is 7.20. The van der Waals surface area contributed by atoms with E-state index < -0.39 is 0 Å². The van der Waals surface area contributed by atoms with Crippen LogP contribution in [0.1, 0.15) is 63.9 Å². The molecule has 0 fully saturated rings. The second-order valence-corrected chi connectivity index (χ2v) is 8.45. The zero-order chi connectivity index (χ0) is 20.4. The van der Waals surface area contributed by atoms with Crippen molar-refractivity contribution in [3.05, 3.63) is 111 Å². The summed E-state index contributed by atoms with van der Waals surface area (Å²) in [6, 6.07) is 20.8. The van der Waals surface area contributed by atoms with E-state index in [0.29, 0.717) is 0 Å². The minimum absolute atomic E-state index is 1.01. The van der Waals surface area contributed by atoms with Crippen molar-refractivity contribution in [2.75, 3.05) is 0 Å². The van der Waals surface area contributed by atoms with Crippen molar-refractivity contribution < 1.29 is 0 Å². The third-order valence-corrected chi connectivity index (χ3v) is 6.59. The zero-order valence-electron chi connectivity index (χ0n) is 18.3. The third-order valence-electron chi connectivity index (χ3n) is 6.59. The highest BCUT2D eigenvalue weighted by atomic mass is 14.2. The van der Waals surface area contributed by atoms with Gasteiger partial charge in [-0.05, 0) is 102 Å². The van der Waals surface area contributed by atoms with Gasteiger partial charge in [0.05, 0.1) is 0 Å². The first kappa shape index (κ1) is 19.7. The quantitative estimate of drug-likeness (QED) is 0.424. The van der Waals surface area contributed by atoms with Gasteiger partial charge in [0.1, 0.15) is 0 Å². The molecule has 0 bridgehead atoms. The second-order valence-electron chi connectivity index (χ2n) is 8.45. The molecule has 1 aliphatic carbocycles. The Morgan fingerprint density at radius 1 is 0.724 bits per heavy atom. The Morgan fingerprint density at radius 2 is 1.45 bits per heavy atom. The van der Waals surface area contributed by atoms with Crippen LogP contribution in [0.3, 0.4) is 0 Å². The lowest BCUT2D eigenvalue weighted by Crippen LogP contribution is -1.97. The molecule has 0 N–H and O–H groups in total. The van der Waals surface area contributed by atoms with Gasteiger partial charge in [0.2, 0.25) is 0 Å². The first-order valence-electron chi connectivity index (χ1n) is 11.1. The zero-order valence-corrected chi connectivity index (χ0v) is 18.3. The van der Waals surface area contributed by atoms with Crippen molar-refractivity contribution in [2.24, 2.45) is 0 Å². The highest BCUT2D eigenvalue weighted by Gasteiger charge is 2.17. The number of hydrogen-bond acceptors (Lipinski definition) is 0. The summed E-state index contributed by atoms with van der Waals surface area (Å²) in [6.07, 6.45) is 7.79. The van der Waals surface area contributed by atoms with E-state index >= 15 is 0 Å². The molecule has 0 saturated heterocycles. The fraction of sp³-hybridized carbons (Fsp3) is 0.310. The molecule has 0 unspecified atom stereocenters. The Kier molecular flexibility index (Phi) is 5.72. The molecule has 4 rings (SSSR count). The minimum Gasteiger partial charge on any atom is -0.0759 e. The SMILES string of the molecule is CCc1ccc(Cc2cccc(CC3=CCc4c3ccc(C)c4C)c2)cc1CC. The van der Waals surface area contributed by atoms with Gasteiger partial charge in [-0.1, -0.05) is 74.5 Å². The molecule has 0 nitrogen and oxygen atoms in total. The number of aryl methyl sites for hydroxylation is 3. The van der Waals surface area contributed by atoms with Gasteiger partial charge in [-0.15, -0.1) is 0 Å². The van der Waals surface area contributed by atoms with Crippen LogP contribution < -0.4 is 0 Å². The van der Waals surface area contributed by atoms with Gasteiger partial charge >= 0.3 is 0 Å². The summed E-state index contributed by atoms with van der Waals surface area (Å²) >= 11 is 0. The maximum Gasteiger partial charge on any atom is -0.00227 e. The van der Waals surface area contributed by atoms with Crippen molar-refractivity contribution in [1.82, 2.24) is 0 Å². The van der Waals surface area contributed by atoms with Gasteiger partial charge < -0.3 is 0 Å². The van der Waals surface area contributed by atoms with Crippen LogP contribution in [0.25, 0.3) is 5.57 Å². The Bertz CT molecular complexity index is 1070. The van der Waals surface area contributed by atoms with E-state index in [-0.39, 0.29) is 0 Å². The van der Waals surface area contributed by atoms with E-state index in [1.807, 2.05) is 0 Å². The van der Waals surface area contributed by atoms with Gasteiger partial charge in [0.15, 0.2) is 0 Å². The minimum atomic E-state index is 1.01. The van der Waals surface area contributed by atoms with Crippen molar-refractivity contribution in [3.63, 3.8) is 0 Å². The summed E-state index contributed by atoms with van der Waals surface area (Å²) in [4.78, 5) is 0. The number of hydrogen-bond donors (Lipinski definition) is 0. The summed E-state index contributed by atoms with van der Waals surface area (Å²) in [5.74, 6) is 0. The fourth-order valence-electron chi connectivity index (χ4n) is 4.71. The monoisotopic (exact) mass is 380 g/mol. The lowest BCUT2D eigenvalue weighted by atomic mass is 9.93. The van der Waals surface area contributed by atoms with Crippen LogP contribution >= 0.6 is 0 Å². The van der Waals surface area contributed by atoms with Crippen molar-refractivity contribution in [2.45, 2.75) is 59.8 Å². The Labute approximate surface area is 176 Å². The van der Waals surface area contributed by atoms with Gasteiger partial charge in [-0.3, -0.25) is 0 Å². The summed E-state index contributed by atoms with van der Waals surface area (Å²) in [6.45, 7) is 8.99. The van der Waals surface area contributed by atoms with E-state index in [2.05, 4.69) is 88.4 Å². The smallest absolute Gasteiger partial charge is 0.00227 e. The standard InChI is InChI=1S/C29H32/c1-5-25-12-11-24(18-26(25)6-2)17-22-8-7-9-23(16-22)19-27-13-15-28-21(4)20(3)10-14-29(27)28/h7-14,16,18H,5-6,15,17,19H2,1-4H3. The van der Waals surface area contributed by atoms with Crippen LogP contribution in [-0.4, -0.2) is 0 Å². The summed E-state index contributed by atoms with van der Waals surface area (Å²) in [7, 11) is 0. The van der Waals surface area contributed by atoms with Gasteiger partial charge in [0, 0.05) is 0 Å². The molecule has 29 heavy (non-hydrogen) atoms. The average molecular weight is 381 g/mol. The average Bonchev–Trinajstić information content (AvgIpc) is 3.14. The molecular weight excluding hydrogens is 348 g/mol. The van der Waals surface area contributed by atoms with Gasteiger partial charge in [-0.25, -0.2) is 0 Å². The van der Waals surface area contributed by atoms with Gasteiger partial charge in [0.25, 0.3) is 0 Å². The van der Waals surface area contributed by atoms with Crippen LogP contribution in [0.2, 0.25) is 0 Å². The van der Waals surface area contributed by atoms with E-state index in [4.69, 9.17) is 0 Å². The molecule has 3 aromatic rings. The lowest BCUT2D eigenvalue weighted by molar-refractivity contribution is 1.02. The predicted molar refractivity (Wildman–Crippen MR) is 126 cm³/mol. The van der Waals surface area contributed by atoms with E-state index in [0.717, 1.165) is 32.1 Å². The topological polar surface area (TPSA) is 0 Å². The molecule has 0 heterocycles. The molecule has 3 aromatic carbocycles. The molecule has 0 atom stereocenters. The van der Waals surface area contributed by atoms with Crippen molar-refractivity contribution in [3.8, 4) is 0 Å². The Balaban J connectivity index is 1.53. The second kappa shape index (κ2) is 8.41. The van der Waals surface area contributed by atoms with Crippen LogP contribution in [0, 0.1) is 13.8 Å². The molecule has 0 heteroatoms. The molecule has 0 spiro atoms. The van der Waals surface area contributed by atoms with E-state index in [1.165, 1.54) is 55.6 Å². The first-order chi connectivity index (χ1) is 14.1. The number of rotatable bonds is 6. The maximum absolute atomic E-state index is 2.43. The van der Waals surface area contributed by atoms with Gasteiger partial charge in [-0.2, -0.15) is 0 Å². The number of fused-ring (bicyclic) bond motifs is 1. The van der Waals surface area contributed by atoms with Crippen LogP contribution in [0.5, 0.6) is 0 Å². The largest absolute Gasteiger partial charge is 0.0759 e. The summed E-state index contributed by atoms with van der Waals surface area (Å²) in [5.41, 5.74) is 14.6. The molecule has 0 aliphatic heterocycles. The maximum atomic E-state index is 2.43. The lowest BCUT2D eigenvalue weighted by Gasteiger charge is -2.12. The van der Waals surface area contributed by atoms with Crippen LogP contribution in [0.15, 0.2) is 60.7 Å². The Morgan fingerprint density at radius 3 is 2.21 bits per heavy atom. The highest BCUT2D eigenvalue weighted by molar-refractivity contribution is 5.76. The Hall–Kier alpha value is -2.60. The molecule has 0 radical (unpaired) electrons. The first-order valence-corrected chi connectivity index (χ1v) is 11.1. The molecule has 0 saturated carbocycles. The van der Waals surface area contributed by atoms with Crippen molar-refractivity contribution in [1.29, 1.82) is 0 Å². The normalized spacial score (nSPS) is 12.8. The number of benzene rings is 3. The van der Waals surface area contributed by atoms with E-state index in [9.17, 15) is 0 Å². The fourth-order valence-corrected chi connectivity index (χ4v) is 4.71. The highest BCUT2D eigenvalue weighted by Crippen LogP contribution is 2.33. The van der Waals surface area contributed by atoms with E-state index in [1.54, 1.807) is 0 Å². The van der Waals surface area contributed by atoms with Crippen LogP contribution in [-0.2, 0) is 32.1 Å². The molecule has 0 aromatic heterocycles. The van der Waals surface area contributed by atoms with Crippen molar-refractivity contribution >= 4 is 5.57 Å². The number of allylic oxidation sites excluding steroid dienone is 2. The molecule has 1 aliphatic rings. The summed E-state index contributed by atoms with van der Waals surface area (Å²) < 4.78 is 0. The molecule has 148 valence electrons.